The molecule has 0 saturated heterocycles. The van der Waals surface area contributed by atoms with Crippen molar-refractivity contribution in [2.24, 2.45) is 5.92 Å². The number of carbonyl (C=O) groups excluding carboxylic acids is 2. The number of rotatable bonds is 6. The predicted octanol–water partition coefficient (Wildman–Crippen LogP) is 1.70. The van der Waals surface area contributed by atoms with Crippen molar-refractivity contribution in [2.75, 3.05) is 20.0 Å². The number of hydrogen-bond acceptors (Lipinski definition) is 6. The van der Waals surface area contributed by atoms with E-state index in [1.165, 1.54) is 0 Å². The van der Waals surface area contributed by atoms with Crippen LogP contribution in [0.2, 0.25) is 0 Å². The molecule has 0 unspecified atom stereocenters. The summed E-state index contributed by atoms with van der Waals surface area (Å²) in [5, 5.41) is 0. The van der Waals surface area contributed by atoms with Crippen LogP contribution in [0.25, 0.3) is 0 Å². The zero-order valence-corrected chi connectivity index (χ0v) is 12.1. The molecule has 114 valence electrons. The average molecular weight is 294 g/mol. The molecule has 1 aromatic carbocycles. The van der Waals surface area contributed by atoms with E-state index in [1.807, 2.05) is 0 Å². The van der Waals surface area contributed by atoms with Gasteiger partial charge in [0.1, 0.15) is 0 Å². The van der Waals surface area contributed by atoms with E-state index in [0.29, 0.717) is 11.5 Å². The molecule has 0 aromatic heterocycles. The van der Waals surface area contributed by atoms with Gasteiger partial charge in [-0.05, 0) is 38.0 Å². The summed E-state index contributed by atoms with van der Waals surface area (Å²) in [6.45, 7) is 4.01. The van der Waals surface area contributed by atoms with Gasteiger partial charge in [0.15, 0.2) is 17.4 Å². The Bertz CT molecular complexity index is 507. The summed E-state index contributed by atoms with van der Waals surface area (Å²) in [6, 6.07) is 5.30. The van der Waals surface area contributed by atoms with E-state index >= 15 is 0 Å². The molecule has 0 fully saturated rings. The molecule has 1 heterocycles. The number of carbonyl (C=O) groups is 2. The van der Waals surface area contributed by atoms with Crippen molar-refractivity contribution in [3.8, 4) is 11.5 Å². The Balaban J connectivity index is 2.13. The fourth-order valence-electron chi connectivity index (χ4n) is 2.05. The van der Waals surface area contributed by atoms with Gasteiger partial charge in [0.25, 0.3) is 0 Å². The maximum absolute atomic E-state index is 11.9. The van der Waals surface area contributed by atoms with Crippen LogP contribution in [-0.2, 0) is 25.5 Å². The van der Waals surface area contributed by atoms with Crippen molar-refractivity contribution in [1.29, 1.82) is 0 Å². The lowest BCUT2D eigenvalue weighted by Crippen LogP contribution is -2.30. The van der Waals surface area contributed by atoms with Gasteiger partial charge in [-0.1, -0.05) is 6.07 Å². The van der Waals surface area contributed by atoms with E-state index in [2.05, 4.69) is 0 Å². The summed E-state index contributed by atoms with van der Waals surface area (Å²) in [4.78, 5) is 23.8. The molecule has 1 aliphatic heterocycles. The monoisotopic (exact) mass is 294 g/mol. The smallest absolute Gasteiger partial charge is 0.320 e. The highest BCUT2D eigenvalue weighted by Gasteiger charge is 2.30. The van der Waals surface area contributed by atoms with Crippen LogP contribution in [0.15, 0.2) is 18.2 Å². The first-order valence-corrected chi connectivity index (χ1v) is 6.87. The molecule has 0 amide bonds. The van der Waals surface area contributed by atoms with E-state index in [4.69, 9.17) is 18.9 Å². The van der Waals surface area contributed by atoms with Crippen LogP contribution in [0, 0.1) is 5.92 Å². The Morgan fingerprint density at radius 3 is 2.33 bits per heavy atom. The Labute approximate surface area is 122 Å². The van der Waals surface area contributed by atoms with E-state index < -0.39 is 17.9 Å². The summed E-state index contributed by atoms with van der Waals surface area (Å²) in [5.74, 6) is -0.853. The summed E-state index contributed by atoms with van der Waals surface area (Å²) >= 11 is 0. The molecular formula is C15H18O6. The number of benzene rings is 1. The van der Waals surface area contributed by atoms with E-state index in [0.717, 1.165) is 5.56 Å². The van der Waals surface area contributed by atoms with Crippen LogP contribution < -0.4 is 9.47 Å². The first-order chi connectivity index (χ1) is 10.2. The third-order valence-corrected chi connectivity index (χ3v) is 3.02. The minimum Gasteiger partial charge on any atom is -0.465 e. The number of fused-ring (bicyclic) bond motifs is 1. The highest BCUT2D eigenvalue weighted by Crippen LogP contribution is 2.33. The lowest BCUT2D eigenvalue weighted by Gasteiger charge is -2.14. The van der Waals surface area contributed by atoms with Gasteiger partial charge in [-0.25, -0.2) is 0 Å². The molecule has 1 aliphatic rings. The largest absolute Gasteiger partial charge is 0.465 e. The first-order valence-electron chi connectivity index (χ1n) is 6.87. The van der Waals surface area contributed by atoms with Crippen molar-refractivity contribution in [1.82, 2.24) is 0 Å². The van der Waals surface area contributed by atoms with Gasteiger partial charge >= 0.3 is 11.9 Å². The summed E-state index contributed by atoms with van der Waals surface area (Å²) in [6.07, 6.45) is 0.203. The summed E-state index contributed by atoms with van der Waals surface area (Å²) in [7, 11) is 0. The summed E-state index contributed by atoms with van der Waals surface area (Å²) < 4.78 is 20.4. The Hall–Kier alpha value is -2.24. The van der Waals surface area contributed by atoms with Crippen LogP contribution in [0.1, 0.15) is 19.4 Å². The molecule has 6 heteroatoms. The van der Waals surface area contributed by atoms with Gasteiger partial charge < -0.3 is 18.9 Å². The molecule has 0 atom stereocenters. The van der Waals surface area contributed by atoms with Crippen molar-refractivity contribution in [2.45, 2.75) is 20.3 Å². The quantitative estimate of drug-likeness (QED) is 0.587. The maximum Gasteiger partial charge on any atom is 0.320 e. The Morgan fingerprint density at radius 1 is 1.10 bits per heavy atom. The van der Waals surface area contributed by atoms with Gasteiger partial charge in [0, 0.05) is 0 Å². The molecule has 0 N–H and O–H groups in total. The van der Waals surface area contributed by atoms with Crippen LogP contribution in [0.5, 0.6) is 11.5 Å². The fraction of sp³-hybridized carbons (Fsp3) is 0.467. The van der Waals surface area contributed by atoms with Crippen LogP contribution in [0.3, 0.4) is 0 Å². The molecule has 0 aliphatic carbocycles. The number of ether oxygens (including phenoxy) is 4. The van der Waals surface area contributed by atoms with Gasteiger partial charge in [-0.3, -0.25) is 9.59 Å². The molecule has 6 nitrogen and oxygen atoms in total. The minimum atomic E-state index is -0.967. The lowest BCUT2D eigenvalue weighted by molar-refractivity contribution is -0.161. The molecule has 0 spiro atoms. The normalized spacial score (nSPS) is 12.3. The molecule has 0 radical (unpaired) electrons. The van der Waals surface area contributed by atoms with E-state index in [-0.39, 0.29) is 26.4 Å². The zero-order chi connectivity index (χ0) is 15.2. The highest BCUT2D eigenvalue weighted by atomic mass is 16.7. The van der Waals surface area contributed by atoms with Crippen molar-refractivity contribution < 1.29 is 28.5 Å². The van der Waals surface area contributed by atoms with Gasteiger partial charge in [0.05, 0.1) is 13.2 Å². The second-order valence-electron chi connectivity index (χ2n) is 4.45. The van der Waals surface area contributed by atoms with Crippen molar-refractivity contribution in [3.63, 3.8) is 0 Å². The zero-order valence-electron chi connectivity index (χ0n) is 12.1. The average Bonchev–Trinajstić information content (AvgIpc) is 2.92. The first kappa shape index (κ1) is 15.2. The topological polar surface area (TPSA) is 71.1 Å². The molecule has 0 saturated carbocycles. The third kappa shape index (κ3) is 3.65. The predicted molar refractivity (Wildman–Crippen MR) is 73.0 cm³/mol. The second kappa shape index (κ2) is 6.97. The van der Waals surface area contributed by atoms with Gasteiger partial charge in [-0.15, -0.1) is 0 Å². The van der Waals surface area contributed by atoms with Crippen molar-refractivity contribution in [3.05, 3.63) is 23.8 Å². The Kier molecular flexibility index (Phi) is 5.03. The molecule has 1 aromatic rings. The SMILES string of the molecule is CCOC(=O)C(Cc1ccc2c(c1)OCO2)C(=O)OCC. The standard InChI is InChI=1S/C15H18O6/c1-3-18-14(16)11(15(17)19-4-2)7-10-5-6-12-13(8-10)21-9-20-12/h5-6,8,11H,3-4,7,9H2,1-2H3. The van der Waals surface area contributed by atoms with E-state index in [1.54, 1.807) is 32.0 Å². The van der Waals surface area contributed by atoms with Crippen LogP contribution >= 0.6 is 0 Å². The van der Waals surface area contributed by atoms with Crippen molar-refractivity contribution >= 4 is 11.9 Å². The number of hydrogen-bond donors (Lipinski definition) is 0. The lowest BCUT2D eigenvalue weighted by atomic mass is 9.99. The van der Waals surface area contributed by atoms with Crippen LogP contribution in [0.4, 0.5) is 0 Å². The fourth-order valence-corrected chi connectivity index (χ4v) is 2.05. The summed E-state index contributed by atoms with van der Waals surface area (Å²) in [5.41, 5.74) is 0.783. The minimum absolute atomic E-state index is 0.179. The highest BCUT2D eigenvalue weighted by molar-refractivity contribution is 5.95. The molecule has 0 bridgehead atoms. The van der Waals surface area contributed by atoms with Crippen LogP contribution in [-0.4, -0.2) is 31.9 Å². The van der Waals surface area contributed by atoms with E-state index in [9.17, 15) is 9.59 Å². The number of esters is 2. The molecule has 21 heavy (non-hydrogen) atoms. The molecular weight excluding hydrogens is 276 g/mol. The van der Waals surface area contributed by atoms with Gasteiger partial charge in [-0.2, -0.15) is 0 Å². The maximum atomic E-state index is 11.9. The second-order valence-corrected chi connectivity index (χ2v) is 4.45. The third-order valence-electron chi connectivity index (χ3n) is 3.02. The Morgan fingerprint density at radius 2 is 1.71 bits per heavy atom. The molecule has 2 rings (SSSR count). The van der Waals surface area contributed by atoms with Gasteiger partial charge in [0.2, 0.25) is 6.79 Å².